The van der Waals surface area contributed by atoms with E-state index in [1.165, 1.54) is 0 Å². The molecule has 24 heavy (non-hydrogen) atoms. The van der Waals surface area contributed by atoms with Gasteiger partial charge in [0.1, 0.15) is 17.6 Å². The van der Waals surface area contributed by atoms with Crippen LogP contribution in [0.4, 0.5) is 0 Å². The largest absolute Gasteiger partial charge is 0.466 e. The number of amides is 1. The third-order valence-corrected chi connectivity index (χ3v) is 5.17. The van der Waals surface area contributed by atoms with E-state index >= 15 is 0 Å². The molecule has 6 nitrogen and oxygen atoms in total. The van der Waals surface area contributed by atoms with Gasteiger partial charge in [0, 0.05) is 26.1 Å². The van der Waals surface area contributed by atoms with Crippen molar-refractivity contribution in [3.05, 3.63) is 23.2 Å². The molecule has 1 unspecified atom stereocenters. The Morgan fingerprint density at radius 2 is 2.00 bits per heavy atom. The fourth-order valence-electron chi connectivity index (χ4n) is 3.91. The van der Waals surface area contributed by atoms with Crippen LogP contribution in [0.2, 0.25) is 0 Å². The summed E-state index contributed by atoms with van der Waals surface area (Å²) in [5, 5.41) is 0. The fraction of sp³-hybridized carbons (Fsp3) is 0.667. The van der Waals surface area contributed by atoms with Gasteiger partial charge in [-0.25, -0.2) is 0 Å². The zero-order chi connectivity index (χ0) is 17.5. The van der Waals surface area contributed by atoms with Crippen LogP contribution in [0.1, 0.15) is 41.1 Å². The van der Waals surface area contributed by atoms with Gasteiger partial charge in [0.05, 0.1) is 11.0 Å². The lowest BCUT2D eigenvalue weighted by molar-refractivity contribution is -0.150. The average molecular weight is 334 g/mol. The second-order valence-corrected chi connectivity index (χ2v) is 7.39. The molecule has 0 aromatic carbocycles. The molecule has 0 bridgehead atoms. The molecule has 2 fully saturated rings. The zero-order valence-corrected chi connectivity index (χ0v) is 14.9. The highest BCUT2D eigenvalue weighted by atomic mass is 16.6. The number of ether oxygens (including phenoxy) is 1. The third-order valence-electron chi connectivity index (χ3n) is 5.17. The van der Waals surface area contributed by atoms with E-state index in [0.29, 0.717) is 37.3 Å². The number of hydrogen-bond donors (Lipinski definition) is 0. The molecule has 2 saturated heterocycles. The lowest BCUT2D eigenvalue weighted by Crippen LogP contribution is -2.45. The van der Waals surface area contributed by atoms with E-state index in [1.807, 2.05) is 37.7 Å². The van der Waals surface area contributed by atoms with Gasteiger partial charge in [-0.1, -0.05) is 0 Å². The zero-order valence-electron chi connectivity index (χ0n) is 14.9. The highest BCUT2D eigenvalue weighted by Gasteiger charge is 2.50. The van der Waals surface area contributed by atoms with Crippen molar-refractivity contribution in [2.75, 3.05) is 33.7 Å². The molecular formula is C18H26N2O4. The number of aryl methyl sites for hydroxylation is 2. The Bertz CT molecular complexity index is 641. The van der Waals surface area contributed by atoms with E-state index in [-0.39, 0.29) is 18.0 Å². The van der Waals surface area contributed by atoms with E-state index in [1.54, 1.807) is 6.07 Å². The maximum Gasteiger partial charge on any atom is 0.312 e. The molecule has 132 valence electrons. The summed E-state index contributed by atoms with van der Waals surface area (Å²) in [6, 6.07) is 1.79. The fourth-order valence-corrected chi connectivity index (χ4v) is 3.91. The summed E-state index contributed by atoms with van der Waals surface area (Å²) in [4.78, 5) is 28.9. The van der Waals surface area contributed by atoms with Gasteiger partial charge in [-0.3, -0.25) is 9.59 Å². The molecular weight excluding hydrogens is 308 g/mol. The van der Waals surface area contributed by atoms with Crippen molar-refractivity contribution in [3.8, 4) is 0 Å². The summed E-state index contributed by atoms with van der Waals surface area (Å²) in [5.41, 5.74) is 0.224. The summed E-state index contributed by atoms with van der Waals surface area (Å²) >= 11 is 0. The van der Waals surface area contributed by atoms with E-state index in [0.717, 1.165) is 18.7 Å². The summed E-state index contributed by atoms with van der Waals surface area (Å²) in [7, 11) is 3.96. The molecule has 1 aromatic heterocycles. The van der Waals surface area contributed by atoms with Crippen molar-refractivity contribution in [1.82, 2.24) is 9.80 Å². The number of furan rings is 1. The maximum absolute atomic E-state index is 12.7. The monoisotopic (exact) mass is 334 g/mol. The van der Waals surface area contributed by atoms with Crippen LogP contribution < -0.4 is 0 Å². The third kappa shape index (κ3) is 3.07. The first-order valence-electron chi connectivity index (χ1n) is 8.53. The smallest absolute Gasteiger partial charge is 0.312 e. The minimum absolute atomic E-state index is 0.00425. The summed E-state index contributed by atoms with van der Waals surface area (Å²) in [6.07, 6.45) is 2.08. The number of piperidine rings is 1. The minimum atomic E-state index is -0.404. The Morgan fingerprint density at radius 1 is 1.33 bits per heavy atom. The number of carbonyl (C=O) groups is 2. The lowest BCUT2D eigenvalue weighted by Gasteiger charge is -2.36. The Hall–Kier alpha value is -1.82. The summed E-state index contributed by atoms with van der Waals surface area (Å²) < 4.78 is 11.0. The van der Waals surface area contributed by atoms with E-state index < -0.39 is 5.41 Å². The number of likely N-dealkylation sites (tertiary alicyclic amines) is 1. The average Bonchev–Trinajstić information content (AvgIpc) is 2.98. The van der Waals surface area contributed by atoms with Crippen molar-refractivity contribution in [3.63, 3.8) is 0 Å². The normalized spacial score (nSPS) is 23.1. The first-order valence-corrected chi connectivity index (χ1v) is 8.53. The number of nitrogens with zero attached hydrogens (tertiary/aromatic N) is 2. The highest BCUT2D eigenvalue weighted by molar-refractivity contribution is 5.95. The number of likely N-dealkylation sites (N-methyl/N-ethyl adjacent to an activating group) is 1. The number of hydrogen-bond acceptors (Lipinski definition) is 5. The Labute approximate surface area is 142 Å². The molecule has 1 atom stereocenters. The van der Waals surface area contributed by atoms with Crippen LogP contribution in [0.15, 0.2) is 10.5 Å². The first kappa shape index (κ1) is 17.0. The molecule has 1 spiro atoms. The van der Waals surface area contributed by atoms with Crippen molar-refractivity contribution in [2.24, 2.45) is 5.41 Å². The van der Waals surface area contributed by atoms with Crippen LogP contribution in [0.3, 0.4) is 0 Å². The van der Waals surface area contributed by atoms with Gasteiger partial charge in [0.25, 0.3) is 5.91 Å². The Balaban J connectivity index is 1.64. The molecule has 2 aliphatic rings. The topological polar surface area (TPSA) is 63.0 Å². The highest BCUT2D eigenvalue weighted by Crippen LogP contribution is 2.43. The quantitative estimate of drug-likeness (QED) is 0.791. The van der Waals surface area contributed by atoms with Crippen molar-refractivity contribution >= 4 is 11.9 Å². The number of carbonyl (C=O) groups excluding carboxylic acids is 2. The van der Waals surface area contributed by atoms with Crippen molar-refractivity contribution in [2.45, 2.75) is 39.2 Å². The van der Waals surface area contributed by atoms with Gasteiger partial charge in [0.2, 0.25) is 0 Å². The molecule has 0 aliphatic carbocycles. The molecule has 6 heteroatoms. The molecule has 1 aromatic rings. The standard InChI is InChI=1S/C18H26N2O4/c1-12-9-15(13(2)23-12)16(21)20-7-5-18(6-8-20)10-14(11-19(3)4)24-17(18)22/h9,14H,5-8,10-11H2,1-4H3. The molecule has 0 radical (unpaired) electrons. The Morgan fingerprint density at radius 3 is 2.54 bits per heavy atom. The van der Waals surface area contributed by atoms with Gasteiger partial charge in [-0.15, -0.1) is 0 Å². The molecule has 3 heterocycles. The molecule has 2 aliphatic heterocycles. The predicted octanol–water partition coefficient (Wildman–Crippen LogP) is 2.00. The minimum Gasteiger partial charge on any atom is -0.466 e. The Kier molecular flexibility index (Phi) is 4.42. The first-order chi connectivity index (χ1) is 11.3. The van der Waals surface area contributed by atoms with Crippen LogP contribution >= 0.6 is 0 Å². The van der Waals surface area contributed by atoms with Crippen LogP contribution in [0, 0.1) is 19.3 Å². The van der Waals surface area contributed by atoms with Gasteiger partial charge in [-0.2, -0.15) is 0 Å². The molecule has 0 N–H and O–H groups in total. The van der Waals surface area contributed by atoms with Crippen LogP contribution in [-0.4, -0.2) is 61.5 Å². The van der Waals surface area contributed by atoms with Crippen LogP contribution in [-0.2, 0) is 9.53 Å². The second kappa shape index (κ2) is 6.24. The molecule has 0 saturated carbocycles. The van der Waals surface area contributed by atoms with Crippen molar-refractivity contribution in [1.29, 1.82) is 0 Å². The molecule has 1 amide bonds. The van der Waals surface area contributed by atoms with Crippen LogP contribution in [0.5, 0.6) is 0 Å². The van der Waals surface area contributed by atoms with Crippen molar-refractivity contribution < 1.29 is 18.7 Å². The van der Waals surface area contributed by atoms with Gasteiger partial charge >= 0.3 is 5.97 Å². The van der Waals surface area contributed by atoms with E-state index in [4.69, 9.17) is 9.15 Å². The molecule has 3 rings (SSSR count). The summed E-state index contributed by atoms with van der Waals surface area (Å²) in [6.45, 7) is 5.59. The predicted molar refractivity (Wildman–Crippen MR) is 88.8 cm³/mol. The number of rotatable bonds is 3. The van der Waals surface area contributed by atoms with E-state index in [2.05, 4.69) is 0 Å². The van der Waals surface area contributed by atoms with E-state index in [9.17, 15) is 9.59 Å². The van der Waals surface area contributed by atoms with Gasteiger partial charge in [0.15, 0.2) is 0 Å². The van der Waals surface area contributed by atoms with Gasteiger partial charge in [-0.05, 0) is 46.9 Å². The number of cyclic esters (lactones) is 1. The number of esters is 1. The summed E-state index contributed by atoms with van der Waals surface area (Å²) in [5.74, 6) is 1.31. The maximum atomic E-state index is 12.7. The second-order valence-electron chi connectivity index (χ2n) is 7.39. The SMILES string of the molecule is Cc1cc(C(=O)N2CCC3(CC2)CC(CN(C)C)OC3=O)c(C)o1. The van der Waals surface area contributed by atoms with Gasteiger partial charge < -0.3 is 19.0 Å². The lowest BCUT2D eigenvalue weighted by atomic mass is 9.76. The van der Waals surface area contributed by atoms with Crippen LogP contribution in [0.25, 0.3) is 0 Å².